The van der Waals surface area contributed by atoms with Gasteiger partial charge in [-0.05, 0) is 79.1 Å². The van der Waals surface area contributed by atoms with E-state index in [1.54, 1.807) is 18.3 Å². The molecule has 0 amide bonds. The summed E-state index contributed by atoms with van der Waals surface area (Å²) in [6.07, 6.45) is 1.68. The largest absolute Gasteiger partial charge is 0.379 e. The van der Waals surface area contributed by atoms with Crippen LogP contribution in [0.5, 0.6) is 5.75 Å². The van der Waals surface area contributed by atoms with E-state index in [0.29, 0.717) is 0 Å². The molecule has 7 nitrogen and oxygen atoms in total. The van der Waals surface area contributed by atoms with Gasteiger partial charge in [0, 0.05) is 18.3 Å². The zero-order valence-corrected chi connectivity index (χ0v) is 16.6. The third-order valence-corrected chi connectivity index (χ3v) is 5.54. The smallest absolute Gasteiger partial charge is 0.339 e. The predicted molar refractivity (Wildman–Crippen MR) is 111 cm³/mol. The van der Waals surface area contributed by atoms with Crippen LogP contribution in [0.1, 0.15) is 16.7 Å². The molecule has 3 aromatic rings. The summed E-state index contributed by atoms with van der Waals surface area (Å²) in [5, 5.41) is 10.7. The third-order valence-electron chi connectivity index (χ3n) is 4.28. The molecular weight excluding hydrogens is 392 g/mol. The molecule has 0 radical (unpaired) electrons. The van der Waals surface area contributed by atoms with Crippen molar-refractivity contribution >= 4 is 27.7 Å². The van der Waals surface area contributed by atoms with Crippen molar-refractivity contribution in [1.29, 1.82) is 0 Å². The molecule has 0 saturated heterocycles. The molecule has 29 heavy (non-hydrogen) atoms. The van der Waals surface area contributed by atoms with Crippen LogP contribution in [0.25, 0.3) is 0 Å². The summed E-state index contributed by atoms with van der Waals surface area (Å²) >= 11 is 0. The maximum absolute atomic E-state index is 12.3. The number of hydrogen-bond acceptors (Lipinski definition) is 6. The average Bonchev–Trinajstić information content (AvgIpc) is 2.70. The average molecular weight is 410 g/mol. The lowest BCUT2D eigenvalue weighted by Crippen LogP contribution is -2.09. The molecule has 0 bridgehead atoms. The van der Waals surface area contributed by atoms with E-state index in [1.165, 1.54) is 17.7 Å². The summed E-state index contributed by atoms with van der Waals surface area (Å²) in [5.41, 5.74) is 3.76. The molecule has 0 atom stereocenters. The second-order valence-electron chi connectivity index (χ2n) is 6.38. The second kappa shape index (κ2) is 8.24. The monoisotopic (exact) mass is 410 g/mol. The van der Waals surface area contributed by atoms with E-state index in [4.69, 9.17) is 4.18 Å². The van der Waals surface area contributed by atoms with Gasteiger partial charge in [-0.15, -0.1) is 0 Å². The topological polar surface area (TPSA) is 98.9 Å². The molecule has 8 heteroatoms. The van der Waals surface area contributed by atoms with E-state index in [0.717, 1.165) is 41.1 Å². The van der Waals surface area contributed by atoms with Gasteiger partial charge in [0.05, 0.1) is 10.6 Å². The van der Waals surface area contributed by atoms with Crippen molar-refractivity contribution in [3.63, 3.8) is 0 Å². The van der Waals surface area contributed by atoms with Crippen molar-refractivity contribution in [3.05, 3.63) is 93.5 Å². The van der Waals surface area contributed by atoms with E-state index in [1.807, 2.05) is 32.0 Å². The lowest BCUT2D eigenvalue weighted by Gasteiger charge is -2.07. The fourth-order valence-electron chi connectivity index (χ4n) is 2.47. The van der Waals surface area contributed by atoms with Crippen molar-refractivity contribution < 1.29 is 17.5 Å². The van der Waals surface area contributed by atoms with E-state index in [2.05, 4.69) is 4.99 Å². The molecule has 0 saturated carbocycles. The molecule has 0 aliphatic rings. The summed E-state index contributed by atoms with van der Waals surface area (Å²) in [6, 6.07) is 16.8. The van der Waals surface area contributed by atoms with Crippen molar-refractivity contribution in [3.8, 4) is 5.75 Å². The van der Waals surface area contributed by atoms with Crippen molar-refractivity contribution in [2.24, 2.45) is 4.99 Å². The Morgan fingerprint density at radius 2 is 1.59 bits per heavy atom. The minimum Gasteiger partial charge on any atom is -0.379 e. The Morgan fingerprint density at radius 1 is 0.931 bits per heavy atom. The van der Waals surface area contributed by atoms with Gasteiger partial charge >= 0.3 is 10.1 Å². The Labute approximate surface area is 168 Å². The van der Waals surface area contributed by atoms with Gasteiger partial charge in [0.2, 0.25) is 0 Å². The van der Waals surface area contributed by atoms with E-state index in [9.17, 15) is 18.5 Å². The Balaban J connectivity index is 1.71. The number of nitro benzene ring substituents is 1. The number of aryl methyl sites for hydroxylation is 2. The van der Waals surface area contributed by atoms with E-state index in [-0.39, 0.29) is 16.3 Å². The van der Waals surface area contributed by atoms with E-state index < -0.39 is 15.0 Å². The van der Waals surface area contributed by atoms with Crippen molar-refractivity contribution in [2.75, 3.05) is 0 Å². The van der Waals surface area contributed by atoms with Gasteiger partial charge in [-0.3, -0.25) is 15.1 Å². The third kappa shape index (κ3) is 5.05. The molecule has 3 aromatic carbocycles. The van der Waals surface area contributed by atoms with Gasteiger partial charge in [-0.2, -0.15) is 8.42 Å². The highest BCUT2D eigenvalue weighted by Gasteiger charge is 2.18. The summed E-state index contributed by atoms with van der Waals surface area (Å²) in [6.45, 7) is 4.05. The number of nitro groups is 1. The predicted octanol–water partition coefficient (Wildman–Crippen LogP) is 4.73. The number of hydrogen-bond donors (Lipinski definition) is 0. The first-order valence-corrected chi connectivity index (χ1v) is 10.1. The molecule has 0 spiro atoms. The van der Waals surface area contributed by atoms with Gasteiger partial charge in [0.25, 0.3) is 5.69 Å². The lowest BCUT2D eigenvalue weighted by atomic mass is 10.1. The Hall–Kier alpha value is -3.52. The minimum atomic E-state index is -4.09. The first-order valence-electron chi connectivity index (χ1n) is 8.65. The lowest BCUT2D eigenvalue weighted by molar-refractivity contribution is -0.384. The first kappa shape index (κ1) is 20.2. The molecule has 0 aromatic heterocycles. The summed E-state index contributed by atoms with van der Waals surface area (Å²) in [7, 11) is -4.09. The van der Waals surface area contributed by atoms with Crippen LogP contribution in [0.3, 0.4) is 0 Å². The van der Waals surface area contributed by atoms with Crippen molar-refractivity contribution in [1.82, 2.24) is 0 Å². The van der Waals surface area contributed by atoms with Crippen LogP contribution in [0.2, 0.25) is 0 Å². The van der Waals surface area contributed by atoms with Crippen LogP contribution in [0.4, 0.5) is 11.4 Å². The zero-order chi connectivity index (χ0) is 21.0. The van der Waals surface area contributed by atoms with Crippen LogP contribution >= 0.6 is 0 Å². The number of rotatable bonds is 6. The van der Waals surface area contributed by atoms with E-state index >= 15 is 0 Å². The quantitative estimate of drug-likeness (QED) is 0.253. The molecule has 0 N–H and O–H groups in total. The fourth-order valence-corrected chi connectivity index (χ4v) is 3.40. The highest BCUT2D eigenvalue weighted by Crippen LogP contribution is 2.22. The maximum atomic E-state index is 12.3. The minimum absolute atomic E-state index is 0.131. The fraction of sp³-hybridized carbons (Fsp3) is 0.0952. The molecule has 0 aliphatic carbocycles. The van der Waals surface area contributed by atoms with Crippen LogP contribution in [0.15, 0.2) is 76.6 Å². The highest BCUT2D eigenvalue weighted by molar-refractivity contribution is 7.87. The molecule has 0 aliphatic heterocycles. The van der Waals surface area contributed by atoms with Crippen LogP contribution < -0.4 is 4.18 Å². The molecule has 3 rings (SSSR count). The summed E-state index contributed by atoms with van der Waals surface area (Å²) in [4.78, 5) is 14.3. The number of aliphatic imine (C=N–C) groups is 1. The zero-order valence-electron chi connectivity index (χ0n) is 15.8. The van der Waals surface area contributed by atoms with Gasteiger partial charge in [0.15, 0.2) is 0 Å². The first-order chi connectivity index (χ1) is 13.7. The summed E-state index contributed by atoms with van der Waals surface area (Å²) < 4.78 is 29.7. The maximum Gasteiger partial charge on any atom is 0.339 e. The van der Waals surface area contributed by atoms with Crippen LogP contribution in [0, 0.1) is 24.0 Å². The molecule has 0 fully saturated rings. The molecule has 148 valence electrons. The van der Waals surface area contributed by atoms with Gasteiger partial charge < -0.3 is 4.18 Å². The standard InChI is InChI=1S/C21H18N2O5S/c1-15-3-6-18(13-16(15)2)22-14-17-4-9-20(10-5-17)28-29(26,27)21-11-7-19(8-12-21)23(24)25/h3-14H,1-2H3. The van der Waals surface area contributed by atoms with Crippen LogP contribution in [-0.4, -0.2) is 19.6 Å². The van der Waals surface area contributed by atoms with Gasteiger partial charge in [0.1, 0.15) is 10.6 Å². The number of benzene rings is 3. The van der Waals surface area contributed by atoms with Crippen molar-refractivity contribution in [2.45, 2.75) is 18.7 Å². The molecule has 0 heterocycles. The van der Waals surface area contributed by atoms with Gasteiger partial charge in [-0.25, -0.2) is 0 Å². The number of non-ortho nitro benzene ring substituents is 1. The van der Waals surface area contributed by atoms with Gasteiger partial charge in [-0.1, -0.05) is 6.07 Å². The normalized spacial score (nSPS) is 11.5. The molecular formula is C21H18N2O5S. The van der Waals surface area contributed by atoms with Crippen LogP contribution in [-0.2, 0) is 10.1 Å². The summed E-state index contributed by atoms with van der Waals surface area (Å²) in [5.74, 6) is 0.131. The molecule has 0 unspecified atom stereocenters. The SMILES string of the molecule is Cc1ccc(N=Cc2ccc(OS(=O)(=O)c3ccc([N+](=O)[O-])cc3)cc2)cc1C. The number of nitrogens with zero attached hydrogens (tertiary/aromatic N) is 2. The Kier molecular flexibility index (Phi) is 5.74. The Bertz CT molecular complexity index is 1170. The Morgan fingerprint density at radius 3 is 2.17 bits per heavy atom. The highest BCUT2D eigenvalue weighted by atomic mass is 32.2. The second-order valence-corrected chi connectivity index (χ2v) is 7.93.